The number of benzene rings is 1. The average molecular weight is 358 g/mol. The molecule has 0 radical (unpaired) electrons. The maximum atomic E-state index is 12.2. The molecular weight excluding hydrogens is 328 g/mol. The molecule has 3 atom stereocenters. The van der Waals surface area contributed by atoms with Crippen molar-refractivity contribution in [3.05, 3.63) is 29.8 Å². The fourth-order valence-corrected chi connectivity index (χ4v) is 4.34. The second-order valence-electron chi connectivity index (χ2n) is 8.12. The highest BCUT2D eigenvalue weighted by molar-refractivity contribution is 5.76. The predicted octanol–water partition coefficient (Wildman–Crippen LogP) is 2.45. The first kappa shape index (κ1) is 17.8. The number of fused-ring (bicyclic) bond motifs is 1. The zero-order chi connectivity index (χ0) is 17.9. The monoisotopic (exact) mass is 358 g/mol. The van der Waals surface area contributed by atoms with Gasteiger partial charge in [-0.2, -0.15) is 0 Å². The summed E-state index contributed by atoms with van der Waals surface area (Å²) in [6.45, 7) is 4.77. The molecule has 0 aromatic heterocycles. The molecule has 2 aliphatic heterocycles. The van der Waals surface area contributed by atoms with Crippen LogP contribution in [-0.2, 0) is 16.1 Å². The number of rotatable bonds is 7. The van der Waals surface area contributed by atoms with Gasteiger partial charge in [-0.15, -0.1) is 0 Å². The van der Waals surface area contributed by atoms with E-state index in [1.165, 1.54) is 18.4 Å². The first-order valence-electron chi connectivity index (χ1n) is 9.95. The van der Waals surface area contributed by atoms with E-state index in [4.69, 9.17) is 9.47 Å². The van der Waals surface area contributed by atoms with Crippen molar-refractivity contribution in [1.82, 2.24) is 10.2 Å². The summed E-state index contributed by atoms with van der Waals surface area (Å²) in [6.07, 6.45) is 4.32. The molecule has 26 heavy (non-hydrogen) atoms. The van der Waals surface area contributed by atoms with Crippen LogP contribution in [0.25, 0.3) is 0 Å². The van der Waals surface area contributed by atoms with Crippen LogP contribution in [0.3, 0.4) is 0 Å². The highest BCUT2D eigenvalue weighted by atomic mass is 16.5. The van der Waals surface area contributed by atoms with E-state index in [-0.39, 0.29) is 12.0 Å². The standard InChI is InChI=1S/C21H30N2O3/c1-25-18-6-4-16(5-7-18)12-23-9-8-19-17(13-23)14-26-20(19)10-21(24)22-11-15-2-3-15/h4-7,15,17,19-20H,2-3,8-14H2,1H3,(H,22,24)/t17-,19-,20-/m0/s1. The van der Waals surface area contributed by atoms with Crippen molar-refractivity contribution in [2.45, 2.75) is 38.3 Å². The molecule has 1 amide bonds. The fourth-order valence-electron chi connectivity index (χ4n) is 4.34. The van der Waals surface area contributed by atoms with E-state index in [9.17, 15) is 4.79 Å². The van der Waals surface area contributed by atoms with Crippen LogP contribution < -0.4 is 10.1 Å². The van der Waals surface area contributed by atoms with Gasteiger partial charge in [-0.05, 0) is 55.3 Å². The van der Waals surface area contributed by atoms with E-state index in [1.54, 1.807) is 7.11 Å². The molecule has 1 aromatic rings. The van der Waals surface area contributed by atoms with Gasteiger partial charge in [0.2, 0.25) is 5.91 Å². The molecule has 2 saturated heterocycles. The fraction of sp³-hybridized carbons (Fsp3) is 0.667. The minimum atomic E-state index is 0.113. The Hall–Kier alpha value is -1.59. The summed E-state index contributed by atoms with van der Waals surface area (Å²) in [5, 5.41) is 3.08. The lowest BCUT2D eigenvalue weighted by Gasteiger charge is -2.35. The Labute approximate surface area is 156 Å². The van der Waals surface area contributed by atoms with E-state index >= 15 is 0 Å². The Kier molecular flexibility index (Phi) is 5.46. The molecule has 1 N–H and O–H groups in total. The van der Waals surface area contributed by atoms with Crippen LogP contribution in [0.1, 0.15) is 31.2 Å². The Bertz CT molecular complexity index is 614. The van der Waals surface area contributed by atoms with Gasteiger partial charge in [0.05, 0.1) is 26.2 Å². The van der Waals surface area contributed by atoms with Gasteiger partial charge in [0, 0.05) is 25.6 Å². The van der Waals surface area contributed by atoms with Gasteiger partial charge in [-0.3, -0.25) is 9.69 Å². The number of carbonyl (C=O) groups excluding carboxylic acids is 1. The third kappa shape index (κ3) is 4.38. The number of carbonyl (C=O) groups is 1. The van der Waals surface area contributed by atoms with Gasteiger partial charge in [0.1, 0.15) is 5.75 Å². The lowest BCUT2D eigenvalue weighted by atomic mass is 9.83. The molecule has 0 bridgehead atoms. The molecule has 1 aliphatic carbocycles. The summed E-state index contributed by atoms with van der Waals surface area (Å²) in [6, 6.07) is 8.33. The van der Waals surface area contributed by atoms with Crippen LogP contribution >= 0.6 is 0 Å². The molecule has 2 heterocycles. The van der Waals surface area contributed by atoms with E-state index < -0.39 is 0 Å². The molecule has 1 saturated carbocycles. The summed E-state index contributed by atoms with van der Waals surface area (Å²) >= 11 is 0. The number of methoxy groups -OCH3 is 1. The topological polar surface area (TPSA) is 50.8 Å². The van der Waals surface area contributed by atoms with Gasteiger partial charge >= 0.3 is 0 Å². The molecule has 0 unspecified atom stereocenters. The van der Waals surface area contributed by atoms with Crippen molar-refractivity contribution in [2.24, 2.45) is 17.8 Å². The number of ether oxygens (including phenoxy) is 2. The summed E-state index contributed by atoms with van der Waals surface area (Å²) in [5.41, 5.74) is 1.32. The third-order valence-corrected chi connectivity index (χ3v) is 6.12. The van der Waals surface area contributed by atoms with E-state index in [0.717, 1.165) is 50.9 Å². The van der Waals surface area contributed by atoms with E-state index in [0.29, 0.717) is 18.3 Å². The number of likely N-dealkylation sites (tertiary alicyclic amines) is 1. The summed E-state index contributed by atoms with van der Waals surface area (Å²) in [4.78, 5) is 14.7. The van der Waals surface area contributed by atoms with Crippen molar-refractivity contribution >= 4 is 5.91 Å². The molecule has 3 fully saturated rings. The SMILES string of the molecule is COc1ccc(CN2CC[C@H]3[C@H](CO[C@H]3CC(=O)NCC3CC3)C2)cc1. The quantitative estimate of drug-likeness (QED) is 0.813. The first-order chi connectivity index (χ1) is 12.7. The number of amides is 1. The minimum Gasteiger partial charge on any atom is -0.497 e. The molecule has 3 aliphatic rings. The highest BCUT2D eigenvalue weighted by Gasteiger charge is 2.41. The number of piperidine rings is 1. The van der Waals surface area contributed by atoms with Crippen LogP contribution in [0.5, 0.6) is 5.75 Å². The maximum absolute atomic E-state index is 12.2. The summed E-state index contributed by atoms with van der Waals surface area (Å²) in [7, 11) is 1.70. The second kappa shape index (κ2) is 7.97. The number of nitrogens with zero attached hydrogens (tertiary/aromatic N) is 1. The zero-order valence-corrected chi connectivity index (χ0v) is 15.7. The lowest BCUT2D eigenvalue weighted by molar-refractivity contribution is -0.123. The lowest BCUT2D eigenvalue weighted by Crippen LogP contribution is -2.42. The number of nitrogens with one attached hydrogen (secondary N) is 1. The number of hydrogen-bond donors (Lipinski definition) is 1. The second-order valence-corrected chi connectivity index (χ2v) is 8.12. The molecule has 1 aromatic carbocycles. The maximum Gasteiger partial charge on any atom is 0.222 e. The molecule has 0 spiro atoms. The van der Waals surface area contributed by atoms with Gasteiger partial charge in [0.15, 0.2) is 0 Å². The van der Waals surface area contributed by atoms with Gasteiger partial charge in [-0.25, -0.2) is 0 Å². The smallest absolute Gasteiger partial charge is 0.222 e. The van der Waals surface area contributed by atoms with Crippen molar-refractivity contribution < 1.29 is 14.3 Å². The Balaban J connectivity index is 1.25. The Morgan fingerprint density at radius 2 is 2.08 bits per heavy atom. The molecule has 142 valence electrons. The van der Waals surface area contributed by atoms with Crippen LogP contribution in [0.4, 0.5) is 0 Å². The number of hydrogen-bond acceptors (Lipinski definition) is 4. The Morgan fingerprint density at radius 3 is 2.81 bits per heavy atom. The minimum absolute atomic E-state index is 0.113. The molecular formula is C21H30N2O3. The normalized spacial score (nSPS) is 28.6. The zero-order valence-electron chi connectivity index (χ0n) is 15.7. The third-order valence-electron chi connectivity index (χ3n) is 6.12. The van der Waals surface area contributed by atoms with Crippen LogP contribution in [0.2, 0.25) is 0 Å². The van der Waals surface area contributed by atoms with Gasteiger partial charge in [-0.1, -0.05) is 12.1 Å². The summed E-state index contributed by atoms with van der Waals surface area (Å²) in [5.74, 6) is 2.90. The van der Waals surface area contributed by atoms with Crippen LogP contribution in [-0.4, -0.2) is 50.3 Å². The van der Waals surface area contributed by atoms with Crippen LogP contribution in [0.15, 0.2) is 24.3 Å². The van der Waals surface area contributed by atoms with E-state index in [2.05, 4.69) is 22.3 Å². The summed E-state index contributed by atoms with van der Waals surface area (Å²) < 4.78 is 11.2. The van der Waals surface area contributed by atoms with Crippen molar-refractivity contribution in [3.8, 4) is 5.75 Å². The van der Waals surface area contributed by atoms with Gasteiger partial charge in [0.25, 0.3) is 0 Å². The van der Waals surface area contributed by atoms with E-state index in [1.807, 2.05) is 12.1 Å². The van der Waals surface area contributed by atoms with Crippen molar-refractivity contribution in [3.63, 3.8) is 0 Å². The molecule has 5 nitrogen and oxygen atoms in total. The largest absolute Gasteiger partial charge is 0.497 e. The molecule has 5 heteroatoms. The first-order valence-corrected chi connectivity index (χ1v) is 9.95. The Morgan fingerprint density at radius 1 is 1.27 bits per heavy atom. The van der Waals surface area contributed by atoms with Crippen molar-refractivity contribution in [1.29, 1.82) is 0 Å². The predicted molar refractivity (Wildman–Crippen MR) is 100.0 cm³/mol. The highest BCUT2D eigenvalue weighted by Crippen LogP contribution is 2.36. The van der Waals surface area contributed by atoms with Crippen molar-refractivity contribution in [2.75, 3.05) is 33.4 Å². The molecule has 4 rings (SSSR count). The van der Waals surface area contributed by atoms with Crippen LogP contribution in [0, 0.1) is 17.8 Å². The van der Waals surface area contributed by atoms with Gasteiger partial charge < -0.3 is 14.8 Å². The average Bonchev–Trinajstić information content (AvgIpc) is 3.42.